The first kappa shape index (κ1) is 24.3. The normalized spacial score (nSPS) is 14.0. The number of anilines is 1. The van der Waals surface area contributed by atoms with Crippen LogP contribution in [0.3, 0.4) is 0 Å². The van der Waals surface area contributed by atoms with Crippen molar-refractivity contribution in [1.29, 1.82) is 0 Å². The fourth-order valence-electron chi connectivity index (χ4n) is 4.23. The lowest BCUT2D eigenvalue weighted by Crippen LogP contribution is -2.30. The van der Waals surface area contributed by atoms with Crippen molar-refractivity contribution in [2.45, 2.75) is 64.8 Å². The summed E-state index contributed by atoms with van der Waals surface area (Å²) in [5.74, 6) is 2.92. The van der Waals surface area contributed by atoms with E-state index >= 15 is 0 Å². The lowest BCUT2D eigenvalue weighted by Gasteiger charge is -2.19. The van der Waals surface area contributed by atoms with Crippen molar-refractivity contribution in [2.75, 3.05) is 17.2 Å². The van der Waals surface area contributed by atoms with Gasteiger partial charge in [-0.2, -0.15) is 0 Å². The highest BCUT2D eigenvalue weighted by Crippen LogP contribution is 2.30. The average Bonchev–Trinajstić information content (AvgIpc) is 3.42. The standard InChI is InChI=1S/C27H34N4O2S/c1-18(2)16-31-26(20(5)33-23-12-10-21(11-13-23)19(3)4)28-29-27(31)34-17-25(32)30-15-14-22-8-6-7-9-24(22)30/h6-13,18-20H,14-17H2,1-5H3. The largest absolute Gasteiger partial charge is 0.483 e. The maximum atomic E-state index is 13.0. The van der Waals surface area contributed by atoms with Crippen LogP contribution in [0, 0.1) is 5.92 Å². The van der Waals surface area contributed by atoms with Gasteiger partial charge in [-0.1, -0.05) is 69.8 Å². The molecule has 1 aliphatic rings. The summed E-state index contributed by atoms with van der Waals surface area (Å²) in [4.78, 5) is 14.9. The van der Waals surface area contributed by atoms with Crippen molar-refractivity contribution >= 4 is 23.4 Å². The molecule has 0 spiro atoms. The van der Waals surface area contributed by atoms with Gasteiger partial charge in [0.2, 0.25) is 5.91 Å². The van der Waals surface area contributed by atoms with Crippen molar-refractivity contribution in [3.63, 3.8) is 0 Å². The summed E-state index contributed by atoms with van der Waals surface area (Å²) in [5.41, 5.74) is 3.55. The maximum absolute atomic E-state index is 13.0. The number of carbonyl (C=O) groups is 1. The van der Waals surface area contributed by atoms with Crippen LogP contribution in [0.1, 0.15) is 63.6 Å². The number of fused-ring (bicyclic) bond motifs is 1. The molecule has 1 aliphatic heterocycles. The molecule has 6 nitrogen and oxygen atoms in total. The first-order valence-corrected chi connectivity index (χ1v) is 13.0. The van der Waals surface area contributed by atoms with Crippen LogP contribution < -0.4 is 9.64 Å². The number of thioether (sulfide) groups is 1. The number of hydrogen-bond donors (Lipinski definition) is 0. The van der Waals surface area contributed by atoms with E-state index in [0.29, 0.717) is 17.6 Å². The minimum absolute atomic E-state index is 0.102. The topological polar surface area (TPSA) is 60.2 Å². The summed E-state index contributed by atoms with van der Waals surface area (Å²) in [6, 6.07) is 16.4. The van der Waals surface area contributed by atoms with Crippen molar-refractivity contribution < 1.29 is 9.53 Å². The molecular formula is C27H34N4O2S. The SMILES string of the molecule is CC(C)Cn1c(SCC(=O)N2CCc3ccccc32)nnc1C(C)Oc1ccc(C(C)C)cc1. The van der Waals surface area contributed by atoms with Crippen molar-refractivity contribution in [1.82, 2.24) is 14.8 Å². The Labute approximate surface area is 206 Å². The first-order chi connectivity index (χ1) is 16.3. The minimum Gasteiger partial charge on any atom is -0.483 e. The zero-order chi connectivity index (χ0) is 24.2. The third-order valence-electron chi connectivity index (χ3n) is 6.03. The van der Waals surface area contributed by atoms with Gasteiger partial charge in [0, 0.05) is 18.8 Å². The molecule has 2 heterocycles. The Morgan fingerprint density at radius 1 is 1.03 bits per heavy atom. The van der Waals surface area contributed by atoms with Gasteiger partial charge in [-0.3, -0.25) is 4.79 Å². The zero-order valence-corrected chi connectivity index (χ0v) is 21.5. The molecule has 0 N–H and O–H groups in total. The third kappa shape index (κ3) is 5.46. The molecule has 0 fully saturated rings. The van der Waals surface area contributed by atoms with E-state index in [0.717, 1.165) is 41.9 Å². The molecular weight excluding hydrogens is 444 g/mol. The van der Waals surface area contributed by atoms with Gasteiger partial charge >= 0.3 is 0 Å². The minimum atomic E-state index is -0.258. The van der Waals surface area contributed by atoms with Crippen LogP contribution in [0.15, 0.2) is 53.7 Å². The number of nitrogens with zero attached hydrogens (tertiary/aromatic N) is 4. The number of carbonyl (C=O) groups excluding carboxylic acids is 1. The molecule has 1 unspecified atom stereocenters. The summed E-state index contributed by atoms with van der Waals surface area (Å²) in [6.07, 6.45) is 0.652. The van der Waals surface area contributed by atoms with E-state index in [1.807, 2.05) is 42.2 Å². The van der Waals surface area contributed by atoms with E-state index < -0.39 is 0 Å². The first-order valence-electron chi connectivity index (χ1n) is 12.0. The number of ether oxygens (including phenoxy) is 1. The Bertz CT molecular complexity index is 1120. The molecule has 2 aromatic carbocycles. The summed E-state index contributed by atoms with van der Waals surface area (Å²) in [6.45, 7) is 12.2. The molecule has 1 aromatic heterocycles. The average molecular weight is 479 g/mol. The number of amides is 1. The van der Waals surface area contributed by atoms with Crippen LogP contribution in [0.25, 0.3) is 0 Å². The number of hydrogen-bond acceptors (Lipinski definition) is 5. The number of benzene rings is 2. The number of para-hydroxylation sites is 1. The zero-order valence-electron chi connectivity index (χ0n) is 20.7. The van der Waals surface area contributed by atoms with Gasteiger partial charge in [0.05, 0.1) is 5.75 Å². The van der Waals surface area contributed by atoms with Gasteiger partial charge in [0.15, 0.2) is 17.1 Å². The van der Waals surface area contributed by atoms with Crippen LogP contribution in [0.4, 0.5) is 5.69 Å². The molecule has 0 radical (unpaired) electrons. The highest BCUT2D eigenvalue weighted by atomic mass is 32.2. The Morgan fingerprint density at radius 3 is 2.47 bits per heavy atom. The Balaban J connectivity index is 1.46. The molecule has 1 atom stereocenters. The van der Waals surface area contributed by atoms with Gasteiger partial charge in [-0.15, -0.1) is 10.2 Å². The van der Waals surface area contributed by atoms with E-state index in [1.54, 1.807) is 0 Å². The fourth-order valence-corrected chi connectivity index (χ4v) is 5.06. The second-order valence-electron chi connectivity index (χ2n) is 9.54. The predicted molar refractivity (Wildman–Crippen MR) is 138 cm³/mol. The second-order valence-corrected chi connectivity index (χ2v) is 10.5. The Morgan fingerprint density at radius 2 is 1.76 bits per heavy atom. The second kappa shape index (κ2) is 10.6. The van der Waals surface area contributed by atoms with E-state index in [9.17, 15) is 4.79 Å². The molecule has 180 valence electrons. The van der Waals surface area contributed by atoms with E-state index in [1.165, 1.54) is 22.9 Å². The predicted octanol–water partition coefficient (Wildman–Crippen LogP) is 5.88. The molecule has 4 rings (SSSR count). The molecule has 34 heavy (non-hydrogen) atoms. The van der Waals surface area contributed by atoms with E-state index in [2.05, 4.69) is 60.7 Å². The van der Waals surface area contributed by atoms with Gasteiger partial charge in [0.1, 0.15) is 5.75 Å². The smallest absolute Gasteiger partial charge is 0.237 e. The van der Waals surface area contributed by atoms with Crippen LogP contribution in [-0.4, -0.2) is 33.0 Å². The van der Waals surface area contributed by atoms with Crippen LogP contribution in [0.5, 0.6) is 5.75 Å². The quantitative estimate of drug-likeness (QED) is 0.360. The lowest BCUT2D eigenvalue weighted by atomic mass is 10.0. The molecule has 0 bridgehead atoms. The van der Waals surface area contributed by atoms with Gasteiger partial charge < -0.3 is 14.2 Å². The summed E-state index contributed by atoms with van der Waals surface area (Å²) in [7, 11) is 0. The number of rotatable bonds is 9. The van der Waals surface area contributed by atoms with Crippen LogP contribution in [0.2, 0.25) is 0 Å². The molecule has 3 aromatic rings. The molecule has 0 saturated heterocycles. The highest BCUT2D eigenvalue weighted by molar-refractivity contribution is 7.99. The lowest BCUT2D eigenvalue weighted by molar-refractivity contribution is -0.116. The molecule has 0 aliphatic carbocycles. The third-order valence-corrected chi connectivity index (χ3v) is 6.98. The van der Waals surface area contributed by atoms with Gasteiger partial charge in [-0.25, -0.2) is 0 Å². The van der Waals surface area contributed by atoms with Crippen LogP contribution >= 0.6 is 11.8 Å². The Kier molecular flexibility index (Phi) is 7.61. The molecule has 7 heteroatoms. The van der Waals surface area contributed by atoms with Crippen molar-refractivity contribution in [2.24, 2.45) is 5.92 Å². The number of aromatic nitrogens is 3. The maximum Gasteiger partial charge on any atom is 0.237 e. The van der Waals surface area contributed by atoms with Crippen LogP contribution in [-0.2, 0) is 17.8 Å². The molecule has 1 amide bonds. The van der Waals surface area contributed by atoms with Crippen molar-refractivity contribution in [3.05, 3.63) is 65.5 Å². The summed E-state index contributed by atoms with van der Waals surface area (Å²) in [5, 5.41) is 9.66. The summed E-state index contributed by atoms with van der Waals surface area (Å²) < 4.78 is 8.31. The van der Waals surface area contributed by atoms with E-state index in [4.69, 9.17) is 4.74 Å². The fraction of sp³-hybridized carbons (Fsp3) is 0.444. The molecule has 0 saturated carbocycles. The van der Waals surface area contributed by atoms with Crippen molar-refractivity contribution in [3.8, 4) is 5.75 Å². The Hall–Kier alpha value is -2.80. The van der Waals surface area contributed by atoms with Gasteiger partial charge in [-0.05, 0) is 54.5 Å². The highest BCUT2D eigenvalue weighted by Gasteiger charge is 2.26. The monoisotopic (exact) mass is 478 g/mol. The van der Waals surface area contributed by atoms with Gasteiger partial charge in [0.25, 0.3) is 0 Å². The van der Waals surface area contributed by atoms with E-state index in [-0.39, 0.29) is 12.0 Å². The summed E-state index contributed by atoms with van der Waals surface area (Å²) >= 11 is 1.45.